The molecule has 3 fully saturated rings. The van der Waals surface area contributed by atoms with Crippen molar-refractivity contribution in [2.75, 3.05) is 6.54 Å². The van der Waals surface area contributed by atoms with Crippen LogP contribution in [-0.4, -0.2) is 54.5 Å². The van der Waals surface area contributed by atoms with Gasteiger partial charge in [0.05, 0.1) is 16.5 Å². The van der Waals surface area contributed by atoms with Gasteiger partial charge in [0.1, 0.15) is 10.9 Å². The number of aliphatic carboxylic acids is 1. The van der Waals surface area contributed by atoms with Crippen molar-refractivity contribution in [2.24, 2.45) is 11.3 Å². The molecule has 6 nitrogen and oxygen atoms in total. The Balaban J connectivity index is 1.95. The van der Waals surface area contributed by atoms with E-state index in [0.29, 0.717) is 4.32 Å². The molecule has 2 amide bonds. The number of carboxylic acids is 1. The van der Waals surface area contributed by atoms with Gasteiger partial charge in [-0.2, -0.15) is 0 Å². The van der Waals surface area contributed by atoms with Gasteiger partial charge in [0, 0.05) is 5.25 Å². The number of thiocarbonyl (C=S) groups is 1. The average Bonchev–Trinajstić information content (AvgIpc) is 2.84. The molecule has 9 heteroatoms. The molecule has 4 atom stereocenters. The number of rotatable bonds is 2. The minimum Gasteiger partial charge on any atom is -0.480 e. The first-order valence-electron chi connectivity index (χ1n) is 6.43. The van der Waals surface area contributed by atoms with Gasteiger partial charge in [-0.05, 0) is 5.41 Å². The number of fused-ring (bicyclic) bond motifs is 2. The van der Waals surface area contributed by atoms with Crippen molar-refractivity contribution in [3.63, 3.8) is 0 Å². The third-order valence-electron chi connectivity index (χ3n) is 4.23. The van der Waals surface area contributed by atoms with E-state index in [9.17, 15) is 14.4 Å². The number of imide groups is 1. The summed E-state index contributed by atoms with van der Waals surface area (Å²) >= 11 is 8.11. The van der Waals surface area contributed by atoms with Crippen LogP contribution in [0.2, 0.25) is 0 Å². The smallest absolute Gasteiger partial charge is 0.323 e. The molecule has 0 saturated carbocycles. The van der Waals surface area contributed by atoms with E-state index in [1.807, 2.05) is 13.8 Å². The summed E-state index contributed by atoms with van der Waals surface area (Å²) in [5.74, 6) is -2.44. The lowest BCUT2D eigenvalue weighted by Crippen LogP contribution is -2.52. The molecule has 0 aromatic carbocycles. The van der Waals surface area contributed by atoms with Crippen molar-refractivity contribution in [2.45, 2.75) is 29.7 Å². The molecule has 3 aliphatic rings. The van der Waals surface area contributed by atoms with Gasteiger partial charge in [-0.15, -0.1) is 11.8 Å². The van der Waals surface area contributed by atoms with Gasteiger partial charge in [-0.3, -0.25) is 19.3 Å². The fourth-order valence-corrected chi connectivity index (χ4v) is 7.10. The van der Waals surface area contributed by atoms with Crippen LogP contribution in [0.5, 0.6) is 0 Å². The quantitative estimate of drug-likeness (QED) is 0.553. The number of carbonyl (C=O) groups is 3. The van der Waals surface area contributed by atoms with Gasteiger partial charge >= 0.3 is 5.97 Å². The second-order valence-electron chi connectivity index (χ2n) is 5.90. The fraction of sp³-hybridized carbons (Fsp3) is 0.667. The van der Waals surface area contributed by atoms with Crippen LogP contribution in [0.25, 0.3) is 0 Å². The predicted molar refractivity (Wildman–Crippen MR) is 83.9 cm³/mol. The Labute approximate surface area is 135 Å². The molecule has 0 aliphatic carbocycles. The maximum absolute atomic E-state index is 12.5. The number of carboxylic acid groups (broad SMARTS) is 1. The lowest BCUT2D eigenvalue weighted by molar-refractivity contribution is -0.149. The van der Waals surface area contributed by atoms with Crippen LogP contribution in [0.3, 0.4) is 0 Å². The molecule has 3 rings (SSSR count). The highest BCUT2D eigenvalue weighted by Crippen LogP contribution is 2.56. The van der Waals surface area contributed by atoms with Crippen LogP contribution in [0.1, 0.15) is 13.8 Å². The maximum Gasteiger partial charge on any atom is 0.323 e. The molecular formula is C12H14N2O4S3. The number of thioether (sulfide) groups is 2. The van der Waals surface area contributed by atoms with Crippen LogP contribution in [-0.2, 0) is 14.4 Å². The second kappa shape index (κ2) is 4.85. The molecule has 0 aromatic heterocycles. The topological polar surface area (TPSA) is 86.7 Å². The minimum absolute atomic E-state index is 0.0136. The van der Waals surface area contributed by atoms with E-state index in [1.54, 1.807) is 0 Å². The molecule has 21 heavy (non-hydrogen) atoms. The SMILES string of the molecule is CC1(C)[C@H]2SC(=S)N[C@@H]2S[C@H]2C(=O)N(CC(=O)O)C(=O)[C@@H]21. The highest BCUT2D eigenvalue weighted by atomic mass is 32.2. The highest BCUT2D eigenvalue weighted by molar-refractivity contribution is 8.24. The monoisotopic (exact) mass is 346 g/mol. The Morgan fingerprint density at radius 3 is 2.71 bits per heavy atom. The zero-order valence-electron chi connectivity index (χ0n) is 11.4. The van der Waals surface area contributed by atoms with Crippen LogP contribution in [0.4, 0.5) is 0 Å². The number of carbonyl (C=O) groups excluding carboxylic acids is 2. The van der Waals surface area contributed by atoms with Gasteiger partial charge < -0.3 is 10.4 Å². The largest absolute Gasteiger partial charge is 0.480 e. The first-order valence-corrected chi connectivity index (χ1v) is 8.66. The summed E-state index contributed by atoms with van der Waals surface area (Å²) in [7, 11) is 0. The van der Waals surface area contributed by atoms with Crippen molar-refractivity contribution >= 4 is 57.8 Å². The zero-order chi connectivity index (χ0) is 15.5. The molecule has 0 aromatic rings. The molecule has 3 heterocycles. The van der Waals surface area contributed by atoms with E-state index >= 15 is 0 Å². The molecule has 3 saturated heterocycles. The summed E-state index contributed by atoms with van der Waals surface area (Å²) in [5, 5.41) is 11.6. The van der Waals surface area contributed by atoms with Crippen molar-refractivity contribution in [3.05, 3.63) is 0 Å². The molecule has 0 radical (unpaired) electrons. The van der Waals surface area contributed by atoms with Crippen molar-refractivity contribution in [3.8, 4) is 0 Å². The van der Waals surface area contributed by atoms with E-state index in [1.165, 1.54) is 23.5 Å². The van der Waals surface area contributed by atoms with Gasteiger partial charge in [0.15, 0.2) is 0 Å². The summed E-state index contributed by atoms with van der Waals surface area (Å²) in [6, 6.07) is 0. The third-order valence-corrected chi connectivity index (χ3v) is 7.73. The van der Waals surface area contributed by atoms with Crippen LogP contribution >= 0.6 is 35.7 Å². The molecule has 2 N–H and O–H groups in total. The van der Waals surface area contributed by atoms with Crippen molar-refractivity contribution in [1.82, 2.24) is 10.2 Å². The summed E-state index contributed by atoms with van der Waals surface area (Å²) in [5.41, 5.74) is -0.432. The molecule has 0 bridgehead atoms. The van der Waals surface area contributed by atoms with Crippen molar-refractivity contribution in [1.29, 1.82) is 0 Å². The molecule has 3 aliphatic heterocycles. The normalized spacial score (nSPS) is 37.2. The van der Waals surface area contributed by atoms with E-state index in [0.717, 1.165) is 4.90 Å². The van der Waals surface area contributed by atoms with Crippen LogP contribution in [0, 0.1) is 11.3 Å². The molecule has 0 spiro atoms. The number of nitrogens with zero attached hydrogens (tertiary/aromatic N) is 1. The Bertz CT molecular complexity index is 565. The van der Waals surface area contributed by atoms with Gasteiger partial charge in [0.25, 0.3) is 0 Å². The highest BCUT2D eigenvalue weighted by Gasteiger charge is 2.63. The molecule has 0 unspecified atom stereocenters. The third kappa shape index (κ3) is 2.17. The number of hydrogen-bond acceptors (Lipinski definition) is 6. The zero-order valence-corrected chi connectivity index (χ0v) is 13.8. The number of nitrogens with one attached hydrogen (secondary N) is 1. The predicted octanol–water partition coefficient (Wildman–Crippen LogP) is 0.514. The number of amides is 2. The van der Waals surface area contributed by atoms with Gasteiger partial charge in [-0.1, -0.05) is 37.8 Å². The standard InChI is InChI=1S/C12H14N2O4S3/c1-12(2)5-6(20-8-7(12)21-11(19)13-8)10(18)14(9(5)17)3-4(15)16/h5-8H,3H2,1-2H3,(H,13,19)(H,15,16)/t5-,6-,7+,8-/m1/s1. The van der Waals surface area contributed by atoms with E-state index in [-0.39, 0.29) is 16.5 Å². The van der Waals surface area contributed by atoms with E-state index in [2.05, 4.69) is 5.32 Å². The lowest BCUT2D eigenvalue weighted by Gasteiger charge is -2.44. The fourth-order valence-electron chi connectivity index (χ4n) is 3.22. The van der Waals surface area contributed by atoms with Crippen LogP contribution < -0.4 is 5.32 Å². The van der Waals surface area contributed by atoms with Gasteiger partial charge in [0.2, 0.25) is 11.8 Å². The van der Waals surface area contributed by atoms with Crippen LogP contribution in [0.15, 0.2) is 0 Å². The second-order valence-corrected chi connectivity index (χ2v) is 9.01. The Morgan fingerprint density at radius 2 is 2.10 bits per heavy atom. The Hall–Kier alpha value is -0.800. The summed E-state index contributed by atoms with van der Waals surface area (Å²) in [6.45, 7) is 3.36. The Morgan fingerprint density at radius 1 is 1.43 bits per heavy atom. The average molecular weight is 346 g/mol. The first kappa shape index (κ1) is 15.1. The summed E-state index contributed by atoms with van der Waals surface area (Å²) in [4.78, 5) is 36.7. The number of hydrogen-bond donors (Lipinski definition) is 2. The van der Waals surface area contributed by atoms with E-state index in [4.69, 9.17) is 17.3 Å². The van der Waals surface area contributed by atoms with E-state index < -0.39 is 35.0 Å². The molecule has 114 valence electrons. The van der Waals surface area contributed by atoms with Gasteiger partial charge in [-0.25, -0.2) is 0 Å². The first-order chi connectivity index (χ1) is 9.73. The minimum atomic E-state index is -1.17. The summed E-state index contributed by atoms with van der Waals surface area (Å²) < 4.78 is 0.688. The lowest BCUT2D eigenvalue weighted by atomic mass is 9.74. The van der Waals surface area contributed by atoms with Crippen molar-refractivity contribution < 1.29 is 19.5 Å². The number of likely N-dealkylation sites (tertiary alicyclic amines) is 1. The Kier molecular flexibility index (Phi) is 3.49. The summed E-state index contributed by atoms with van der Waals surface area (Å²) in [6.07, 6.45) is 0. The maximum atomic E-state index is 12.5. The molecular weight excluding hydrogens is 332 g/mol.